The van der Waals surface area contributed by atoms with Crippen LogP contribution in [-0.2, 0) is 12.7 Å². The van der Waals surface area contributed by atoms with Gasteiger partial charge in [0.1, 0.15) is 11.5 Å². The third-order valence-corrected chi connectivity index (χ3v) is 6.02. The number of anilines is 1. The Bertz CT molecular complexity index is 1560. The van der Waals surface area contributed by atoms with E-state index in [0.29, 0.717) is 11.1 Å². The molecule has 7 nitrogen and oxygen atoms in total. The fourth-order valence-electron chi connectivity index (χ4n) is 3.63. The molecular formula is C24H17Cl2F3N4O3. The maximum absolute atomic E-state index is 13.5. The third kappa shape index (κ3) is 4.87. The molecule has 0 saturated heterocycles. The van der Waals surface area contributed by atoms with Crippen LogP contribution in [0.25, 0.3) is 10.9 Å². The number of amides is 1. The second-order valence-corrected chi connectivity index (χ2v) is 8.77. The number of aromatic nitrogens is 3. The van der Waals surface area contributed by atoms with Crippen molar-refractivity contribution in [1.82, 2.24) is 14.5 Å². The third-order valence-electron chi connectivity index (χ3n) is 5.45. The lowest BCUT2D eigenvalue weighted by molar-refractivity contribution is -0.141. The van der Waals surface area contributed by atoms with Crippen LogP contribution < -0.4 is 10.9 Å². The van der Waals surface area contributed by atoms with Crippen molar-refractivity contribution in [3.63, 3.8) is 0 Å². The van der Waals surface area contributed by atoms with Gasteiger partial charge in [0.2, 0.25) is 0 Å². The predicted molar refractivity (Wildman–Crippen MR) is 130 cm³/mol. The number of nitrogens with zero attached hydrogens (tertiary/aromatic N) is 3. The fraction of sp³-hybridized carbons (Fsp3) is 0.167. The lowest BCUT2D eigenvalue weighted by Gasteiger charge is -2.15. The van der Waals surface area contributed by atoms with E-state index < -0.39 is 23.3 Å². The molecule has 2 heterocycles. The van der Waals surface area contributed by atoms with Gasteiger partial charge in [-0.15, -0.1) is 0 Å². The average Bonchev–Trinajstić information content (AvgIpc) is 2.81. The average molecular weight is 537 g/mol. The summed E-state index contributed by atoms with van der Waals surface area (Å²) in [6.45, 7) is 3.03. The summed E-state index contributed by atoms with van der Waals surface area (Å²) >= 11 is 11.8. The Balaban J connectivity index is 1.80. The highest BCUT2D eigenvalue weighted by atomic mass is 35.5. The van der Waals surface area contributed by atoms with Crippen LogP contribution in [-0.4, -0.2) is 25.5 Å². The standard InChI is InChI=1S/C24H17Cl2F3N4O3/c1-11-6-7-17(32-22(35)13-8-15(25)21(34)16(26)9-13)19-20(11)30-12(2)33(23(19)36)10-14-4-3-5-18(31-14)24(27,28)29/h3-9,34H,10H2,1-2H3,(H,32,35). The van der Waals surface area contributed by atoms with Gasteiger partial charge >= 0.3 is 6.18 Å². The number of fused-ring (bicyclic) bond motifs is 1. The highest BCUT2D eigenvalue weighted by Gasteiger charge is 2.32. The first kappa shape index (κ1) is 25.5. The molecule has 12 heteroatoms. The fourth-order valence-corrected chi connectivity index (χ4v) is 4.12. The molecule has 4 rings (SSSR count). The summed E-state index contributed by atoms with van der Waals surface area (Å²) in [6.07, 6.45) is -4.63. The van der Waals surface area contributed by atoms with Gasteiger partial charge in [-0.05, 0) is 49.7 Å². The number of aromatic hydroxyl groups is 1. The minimum absolute atomic E-state index is 0.0165. The van der Waals surface area contributed by atoms with Gasteiger partial charge < -0.3 is 10.4 Å². The van der Waals surface area contributed by atoms with Crippen LogP contribution in [0, 0.1) is 13.8 Å². The van der Waals surface area contributed by atoms with E-state index in [0.717, 1.165) is 6.07 Å². The first-order valence-electron chi connectivity index (χ1n) is 10.4. The Morgan fingerprint density at radius 1 is 1.08 bits per heavy atom. The Morgan fingerprint density at radius 3 is 2.39 bits per heavy atom. The molecule has 0 unspecified atom stereocenters. The molecule has 1 amide bonds. The van der Waals surface area contributed by atoms with Crippen LogP contribution in [0.2, 0.25) is 10.0 Å². The van der Waals surface area contributed by atoms with Gasteiger partial charge in [-0.1, -0.05) is 35.3 Å². The molecule has 4 aromatic rings. The second-order valence-electron chi connectivity index (χ2n) is 7.96. The van der Waals surface area contributed by atoms with Gasteiger partial charge in [0, 0.05) is 5.56 Å². The summed E-state index contributed by atoms with van der Waals surface area (Å²) < 4.78 is 40.5. The van der Waals surface area contributed by atoms with Crippen molar-refractivity contribution in [1.29, 1.82) is 0 Å². The molecule has 2 N–H and O–H groups in total. The van der Waals surface area contributed by atoms with Gasteiger partial charge in [-0.2, -0.15) is 13.2 Å². The van der Waals surface area contributed by atoms with Crippen LogP contribution in [0.15, 0.2) is 47.3 Å². The first-order valence-corrected chi connectivity index (χ1v) is 11.2. The molecule has 0 spiro atoms. The normalized spacial score (nSPS) is 11.6. The van der Waals surface area contributed by atoms with Crippen molar-refractivity contribution in [2.75, 3.05) is 5.32 Å². The quantitative estimate of drug-likeness (QED) is 0.346. The highest BCUT2D eigenvalue weighted by Crippen LogP contribution is 2.33. The Hall–Kier alpha value is -3.63. The van der Waals surface area contributed by atoms with Crippen molar-refractivity contribution < 1.29 is 23.1 Å². The Kier molecular flexibility index (Phi) is 6.68. The number of nitrogens with one attached hydrogen (secondary N) is 1. The number of aryl methyl sites for hydroxylation is 2. The number of benzene rings is 2. The minimum Gasteiger partial charge on any atom is -0.505 e. The van der Waals surface area contributed by atoms with E-state index in [2.05, 4.69) is 15.3 Å². The van der Waals surface area contributed by atoms with Crippen molar-refractivity contribution >= 4 is 45.7 Å². The zero-order chi connectivity index (χ0) is 26.4. The maximum atomic E-state index is 13.5. The van der Waals surface area contributed by atoms with Crippen LogP contribution in [0.3, 0.4) is 0 Å². The van der Waals surface area contributed by atoms with Crippen LogP contribution in [0.1, 0.15) is 33.1 Å². The number of phenols is 1. The van der Waals surface area contributed by atoms with E-state index in [4.69, 9.17) is 23.2 Å². The van der Waals surface area contributed by atoms with Crippen molar-refractivity contribution in [3.8, 4) is 5.75 Å². The number of halogens is 5. The number of pyridine rings is 1. The number of carbonyl (C=O) groups is 1. The van der Waals surface area contributed by atoms with Crippen molar-refractivity contribution in [2.24, 2.45) is 0 Å². The predicted octanol–water partition coefficient (Wildman–Crippen LogP) is 5.74. The summed E-state index contributed by atoms with van der Waals surface area (Å²) in [4.78, 5) is 34.5. The van der Waals surface area contributed by atoms with Gasteiger partial charge in [-0.3, -0.25) is 14.2 Å². The van der Waals surface area contributed by atoms with E-state index in [1.807, 2.05) is 0 Å². The van der Waals surface area contributed by atoms with E-state index in [9.17, 15) is 27.9 Å². The molecule has 0 radical (unpaired) electrons. The number of carbonyl (C=O) groups excluding carboxylic acids is 1. The summed E-state index contributed by atoms with van der Waals surface area (Å²) in [5, 5.41) is 12.2. The lowest BCUT2D eigenvalue weighted by Crippen LogP contribution is -2.27. The molecule has 186 valence electrons. The van der Waals surface area contributed by atoms with E-state index >= 15 is 0 Å². The summed E-state index contributed by atoms with van der Waals surface area (Å²) in [5.41, 5.74) is -0.488. The second kappa shape index (κ2) is 9.44. The molecule has 0 aliphatic carbocycles. The van der Waals surface area contributed by atoms with Crippen molar-refractivity contribution in [3.05, 3.63) is 91.2 Å². The van der Waals surface area contributed by atoms with Gasteiger partial charge in [0.15, 0.2) is 5.75 Å². The molecule has 0 fully saturated rings. The number of rotatable bonds is 4. The lowest BCUT2D eigenvalue weighted by atomic mass is 10.1. The van der Waals surface area contributed by atoms with Crippen LogP contribution in [0.4, 0.5) is 18.9 Å². The molecule has 2 aromatic heterocycles. The highest BCUT2D eigenvalue weighted by molar-refractivity contribution is 6.37. The number of alkyl halides is 3. The molecule has 0 atom stereocenters. The first-order chi connectivity index (χ1) is 16.9. The number of hydrogen-bond acceptors (Lipinski definition) is 5. The van der Waals surface area contributed by atoms with E-state index in [1.165, 1.54) is 34.9 Å². The molecule has 0 bridgehead atoms. The molecule has 0 aliphatic rings. The minimum atomic E-state index is -4.63. The molecule has 36 heavy (non-hydrogen) atoms. The Labute approximate surface area is 212 Å². The topological polar surface area (TPSA) is 97.1 Å². The van der Waals surface area contributed by atoms with E-state index in [1.54, 1.807) is 19.9 Å². The summed E-state index contributed by atoms with van der Waals surface area (Å²) in [6, 6.07) is 9.05. The molecule has 0 saturated carbocycles. The maximum Gasteiger partial charge on any atom is 0.433 e. The van der Waals surface area contributed by atoms with E-state index in [-0.39, 0.29) is 50.5 Å². The summed E-state index contributed by atoms with van der Waals surface area (Å²) in [5.74, 6) is -0.771. The number of hydrogen-bond donors (Lipinski definition) is 2. The number of phenolic OH excluding ortho intramolecular Hbond substituents is 1. The van der Waals surface area contributed by atoms with Gasteiger partial charge in [0.05, 0.1) is 38.9 Å². The molecule has 0 aliphatic heterocycles. The van der Waals surface area contributed by atoms with Crippen molar-refractivity contribution in [2.45, 2.75) is 26.6 Å². The van der Waals surface area contributed by atoms with Gasteiger partial charge in [-0.25, -0.2) is 9.97 Å². The monoisotopic (exact) mass is 536 g/mol. The molecular weight excluding hydrogens is 520 g/mol. The SMILES string of the molecule is Cc1ccc(NC(=O)c2cc(Cl)c(O)c(Cl)c2)c2c(=O)n(Cc3cccc(C(F)(F)F)n3)c(C)nc12. The molecule has 2 aromatic carbocycles. The smallest absolute Gasteiger partial charge is 0.433 e. The van der Waals surface area contributed by atoms with Crippen LogP contribution in [0.5, 0.6) is 5.75 Å². The van der Waals surface area contributed by atoms with Gasteiger partial charge in [0.25, 0.3) is 11.5 Å². The van der Waals surface area contributed by atoms with Crippen LogP contribution >= 0.6 is 23.2 Å². The Morgan fingerprint density at radius 2 is 1.75 bits per heavy atom. The zero-order valence-electron chi connectivity index (χ0n) is 18.7. The zero-order valence-corrected chi connectivity index (χ0v) is 20.3. The largest absolute Gasteiger partial charge is 0.505 e. The summed E-state index contributed by atoms with van der Waals surface area (Å²) in [7, 11) is 0.